The van der Waals surface area contributed by atoms with Crippen LogP contribution in [-0.4, -0.2) is 56.3 Å². The normalized spacial score (nSPS) is 15.8. The molecule has 0 bridgehead atoms. The van der Waals surface area contributed by atoms with E-state index in [9.17, 15) is 0 Å². The first kappa shape index (κ1) is 17.0. The molecule has 0 atom stereocenters. The van der Waals surface area contributed by atoms with Crippen molar-refractivity contribution >= 4 is 0 Å². The average molecular weight is 330 g/mol. The lowest BCUT2D eigenvalue weighted by Crippen LogP contribution is -2.38. The molecule has 2 aromatic rings. The molecule has 0 amide bonds. The summed E-state index contributed by atoms with van der Waals surface area (Å²) in [6.07, 6.45) is 1.71. The molecule has 1 aliphatic heterocycles. The Hall–Kier alpha value is -1.82. The Morgan fingerprint density at radius 1 is 1.12 bits per heavy atom. The van der Waals surface area contributed by atoms with Crippen LogP contribution in [0.5, 0.6) is 5.75 Å². The summed E-state index contributed by atoms with van der Waals surface area (Å²) in [6, 6.07) is 12.3. The largest absolute Gasteiger partial charge is 0.492 e. The van der Waals surface area contributed by atoms with E-state index in [0.29, 0.717) is 6.61 Å². The fourth-order valence-electron chi connectivity index (χ4n) is 2.89. The van der Waals surface area contributed by atoms with Crippen molar-refractivity contribution in [1.82, 2.24) is 9.80 Å². The lowest BCUT2D eigenvalue weighted by molar-refractivity contribution is 0.0322. The highest BCUT2D eigenvalue weighted by Crippen LogP contribution is 2.16. The van der Waals surface area contributed by atoms with Gasteiger partial charge in [-0.25, -0.2) is 0 Å². The molecule has 0 unspecified atom stereocenters. The number of hydrogen-bond acceptors (Lipinski definition) is 5. The van der Waals surface area contributed by atoms with E-state index < -0.39 is 0 Å². The number of ether oxygens (including phenoxy) is 2. The predicted molar refractivity (Wildman–Crippen MR) is 93.1 cm³/mol. The fraction of sp³-hybridized carbons (Fsp3) is 0.474. The summed E-state index contributed by atoms with van der Waals surface area (Å²) in [5.41, 5.74) is 1.24. The van der Waals surface area contributed by atoms with Crippen LogP contribution in [0, 0.1) is 0 Å². The number of nitrogens with zero attached hydrogens (tertiary/aromatic N) is 2. The van der Waals surface area contributed by atoms with Gasteiger partial charge in [-0.1, -0.05) is 12.1 Å². The van der Waals surface area contributed by atoms with Crippen LogP contribution in [0.1, 0.15) is 11.3 Å². The molecule has 0 aliphatic carbocycles. The van der Waals surface area contributed by atoms with Crippen LogP contribution in [-0.2, 0) is 17.8 Å². The van der Waals surface area contributed by atoms with Crippen LogP contribution in [0.3, 0.4) is 0 Å². The minimum Gasteiger partial charge on any atom is -0.492 e. The van der Waals surface area contributed by atoms with Crippen molar-refractivity contribution in [3.05, 3.63) is 54.0 Å². The summed E-state index contributed by atoms with van der Waals surface area (Å²) in [6.45, 7) is 6.99. The van der Waals surface area contributed by atoms with Crippen LogP contribution in [0.4, 0.5) is 0 Å². The van der Waals surface area contributed by atoms with E-state index >= 15 is 0 Å². The highest BCUT2D eigenvalue weighted by Gasteiger charge is 2.10. The van der Waals surface area contributed by atoms with Crippen molar-refractivity contribution in [2.24, 2.45) is 0 Å². The lowest BCUT2D eigenvalue weighted by Gasteiger charge is -2.26. The molecule has 5 heteroatoms. The Labute approximate surface area is 143 Å². The monoisotopic (exact) mass is 330 g/mol. The van der Waals surface area contributed by atoms with Gasteiger partial charge in [-0.15, -0.1) is 0 Å². The van der Waals surface area contributed by atoms with Gasteiger partial charge in [-0.2, -0.15) is 0 Å². The molecule has 1 fully saturated rings. The molecule has 130 valence electrons. The van der Waals surface area contributed by atoms with E-state index in [2.05, 4.69) is 35.0 Å². The van der Waals surface area contributed by atoms with Gasteiger partial charge in [0.2, 0.25) is 0 Å². The molecule has 1 aromatic heterocycles. The van der Waals surface area contributed by atoms with Gasteiger partial charge in [-0.05, 0) is 36.9 Å². The first-order chi connectivity index (χ1) is 11.8. The summed E-state index contributed by atoms with van der Waals surface area (Å²) < 4.78 is 16.7. The molecular formula is C19H26N2O3. The quantitative estimate of drug-likeness (QED) is 0.744. The number of hydrogen-bond donors (Lipinski definition) is 0. The number of benzene rings is 1. The topological polar surface area (TPSA) is 38.1 Å². The zero-order valence-electron chi connectivity index (χ0n) is 14.3. The highest BCUT2D eigenvalue weighted by atomic mass is 16.5. The second-order valence-electron chi connectivity index (χ2n) is 6.20. The molecule has 0 N–H and O–H groups in total. The number of morpholine rings is 1. The van der Waals surface area contributed by atoms with Crippen molar-refractivity contribution in [3.8, 4) is 5.75 Å². The standard InChI is InChI=1S/C19H26N2O3/c1-20(16-19-6-3-10-23-19)15-17-4-2-5-18(14-17)24-13-9-21-7-11-22-12-8-21/h2-6,10,14H,7-9,11-13,15-16H2,1H3. The van der Waals surface area contributed by atoms with Crippen molar-refractivity contribution in [2.75, 3.05) is 46.5 Å². The minimum absolute atomic E-state index is 0.714. The van der Waals surface area contributed by atoms with Crippen molar-refractivity contribution in [1.29, 1.82) is 0 Å². The maximum absolute atomic E-state index is 5.92. The van der Waals surface area contributed by atoms with E-state index in [1.165, 1.54) is 5.56 Å². The Kier molecular flexibility index (Phi) is 6.29. The second kappa shape index (κ2) is 8.87. The Morgan fingerprint density at radius 2 is 2.00 bits per heavy atom. The van der Waals surface area contributed by atoms with Gasteiger partial charge in [0.1, 0.15) is 18.1 Å². The van der Waals surface area contributed by atoms with Gasteiger partial charge in [0.05, 0.1) is 26.0 Å². The van der Waals surface area contributed by atoms with Crippen molar-refractivity contribution in [3.63, 3.8) is 0 Å². The van der Waals surface area contributed by atoms with Crippen molar-refractivity contribution in [2.45, 2.75) is 13.1 Å². The Morgan fingerprint density at radius 3 is 2.79 bits per heavy atom. The van der Waals surface area contributed by atoms with Gasteiger partial charge in [0, 0.05) is 26.2 Å². The van der Waals surface area contributed by atoms with Crippen LogP contribution < -0.4 is 4.74 Å². The Bertz CT molecular complexity index is 594. The fourth-order valence-corrected chi connectivity index (χ4v) is 2.89. The smallest absolute Gasteiger partial charge is 0.119 e. The van der Waals surface area contributed by atoms with Crippen LogP contribution >= 0.6 is 0 Å². The molecule has 5 nitrogen and oxygen atoms in total. The summed E-state index contributed by atoms with van der Waals surface area (Å²) in [4.78, 5) is 4.61. The van der Waals surface area contributed by atoms with Gasteiger partial charge < -0.3 is 13.9 Å². The number of furan rings is 1. The summed E-state index contributed by atoms with van der Waals surface area (Å²) in [5, 5.41) is 0. The van der Waals surface area contributed by atoms with Gasteiger partial charge >= 0.3 is 0 Å². The SMILES string of the molecule is CN(Cc1cccc(OCCN2CCOCC2)c1)Cc1ccco1. The van der Waals surface area contributed by atoms with E-state index in [4.69, 9.17) is 13.9 Å². The number of rotatable bonds is 8. The molecule has 0 saturated carbocycles. The predicted octanol–water partition coefficient (Wildman–Crippen LogP) is 2.62. The molecule has 1 aromatic carbocycles. The van der Waals surface area contributed by atoms with Crippen LogP contribution in [0.15, 0.2) is 47.1 Å². The maximum Gasteiger partial charge on any atom is 0.119 e. The van der Waals surface area contributed by atoms with Crippen molar-refractivity contribution < 1.29 is 13.9 Å². The molecule has 1 saturated heterocycles. The molecule has 1 aliphatic rings. The molecule has 0 spiro atoms. The third kappa shape index (κ3) is 5.37. The van der Waals surface area contributed by atoms with Gasteiger partial charge in [0.25, 0.3) is 0 Å². The molecule has 24 heavy (non-hydrogen) atoms. The first-order valence-electron chi connectivity index (χ1n) is 8.52. The molecule has 3 rings (SSSR count). The minimum atomic E-state index is 0.714. The third-order valence-electron chi connectivity index (χ3n) is 4.14. The zero-order valence-corrected chi connectivity index (χ0v) is 14.3. The summed E-state index contributed by atoms with van der Waals surface area (Å²) in [5.74, 6) is 1.92. The van der Waals surface area contributed by atoms with Crippen LogP contribution in [0.25, 0.3) is 0 Å². The first-order valence-corrected chi connectivity index (χ1v) is 8.52. The van der Waals surface area contributed by atoms with E-state index in [1.807, 2.05) is 18.2 Å². The van der Waals surface area contributed by atoms with Gasteiger partial charge in [-0.3, -0.25) is 9.80 Å². The Balaban J connectivity index is 1.44. The summed E-state index contributed by atoms with van der Waals surface area (Å²) >= 11 is 0. The molecule has 0 radical (unpaired) electrons. The highest BCUT2D eigenvalue weighted by molar-refractivity contribution is 5.28. The molecule has 2 heterocycles. The maximum atomic E-state index is 5.92. The van der Waals surface area contributed by atoms with Gasteiger partial charge in [0.15, 0.2) is 0 Å². The lowest BCUT2D eigenvalue weighted by atomic mass is 10.2. The van der Waals surface area contributed by atoms with E-state index in [-0.39, 0.29) is 0 Å². The second-order valence-corrected chi connectivity index (χ2v) is 6.20. The molecular weight excluding hydrogens is 304 g/mol. The van der Waals surface area contributed by atoms with E-state index in [1.54, 1.807) is 6.26 Å². The summed E-state index contributed by atoms with van der Waals surface area (Å²) in [7, 11) is 2.09. The van der Waals surface area contributed by atoms with Crippen LogP contribution in [0.2, 0.25) is 0 Å². The third-order valence-corrected chi connectivity index (χ3v) is 4.14. The zero-order chi connectivity index (χ0) is 16.6. The van der Waals surface area contributed by atoms with E-state index in [0.717, 1.165) is 57.4 Å². The average Bonchev–Trinajstić information content (AvgIpc) is 3.09.